The molecular weight excluding hydrogens is 428 g/mol. The van der Waals surface area contributed by atoms with Crippen LogP contribution in [0.15, 0.2) is 155 Å². The number of hydrazone groups is 1. The first-order valence-electron chi connectivity index (χ1n) is 11.5. The molecule has 1 N–H and O–H groups in total. The first-order valence-corrected chi connectivity index (χ1v) is 11.5. The summed E-state index contributed by atoms with van der Waals surface area (Å²) in [5.74, 6) is 0.505. The van der Waals surface area contributed by atoms with Crippen molar-refractivity contribution in [3.8, 4) is 22.3 Å². The summed E-state index contributed by atoms with van der Waals surface area (Å²) < 4.78 is 0. The van der Waals surface area contributed by atoms with Gasteiger partial charge in [0.15, 0.2) is 0 Å². The van der Waals surface area contributed by atoms with Crippen LogP contribution in [0.5, 0.6) is 0 Å². The first kappa shape index (κ1) is 22.0. The SMILES string of the molecule is c1ccc(/C(N=Nc2ccc(-c3ccccc3)cc2)=N\Nc2ccc(-c3ccccc3)cc2)cc1. The van der Waals surface area contributed by atoms with E-state index in [2.05, 4.69) is 69.3 Å². The highest BCUT2D eigenvalue weighted by Crippen LogP contribution is 2.23. The second-order valence-corrected chi connectivity index (χ2v) is 7.97. The zero-order chi connectivity index (χ0) is 23.7. The molecule has 0 atom stereocenters. The van der Waals surface area contributed by atoms with Gasteiger partial charge in [-0.25, -0.2) is 0 Å². The van der Waals surface area contributed by atoms with Gasteiger partial charge < -0.3 is 0 Å². The number of nitrogens with zero attached hydrogens (tertiary/aromatic N) is 3. The Morgan fingerprint density at radius 3 is 1.46 bits per heavy atom. The van der Waals surface area contributed by atoms with Gasteiger partial charge in [0.25, 0.3) is 0 Å². The summed E-state index contributed by atoms with van der Waals surface area (Å²) in [6, 6.07) is 46.6. The fraction of sp³-hybridized carbons (Fsp3) is 0. The molecule has 35 heavy (non-hydrogen) atoms. The molecule has 0 unspecified atom stereocenters. The average Bonchev–Trinajstić information content (AvgIpc) is 2.95. The molecule has 0 heterocycles. The van der Waals surface area contributed by atoms with Crippen LogP contribution in [0.4, 0.5) is 11.4 Å². The second-order valence-electron chi connectivity index (χ2n) is 7.97. The third-order valence-corrected chi connectivity index (χ3v) is 5.55. The van der Waals surface area contributed by atoms with E-state index in [1.54, 1.807) is 0 Å². The van der Waals surface area contributed by atoms with Gasteiger partial charge in [-0.2, -0.15) is 5.10 Å². The standard InChI is InChI=1S/C31H24N4/c1-4-10-24(11-5-1)26-16-20-29(21-17-26)32-34-31(28-14-8-3-9-15-28)35-33-30-22-18-27(19-23-30)25-12-6-2-7-13-25/h1-23,32H/b34-31+,35-33?. The van der Waals surface area contributed by atoms with Crippen molar-refractivity contribution < 1.29 is 0 Å². The van der Waals surface area contributed by atoms with E-state index in [9.17, 15) is 0 Å². The molecule has 5 aromatic carbocycles. The maximum Gasteiger partial charge on any atom is 0.201 e. The van der Waals surface area contributed by atoms with E-state index >= 15 is 0 Å². The van der Waals surface area contributed by atoms with Crippen molar-refractivity contribution >= 4 is 17.2 Å². The number of benzene rings is 5. The van der Waals surface area contributed by atoms with E-state index in [1.165, 1.54) is 11.1 Å². The Balaban J connectivity index is 1.35. The third-order valence-electron chi connectivity index (χ3n) is 5.55. The van der Waals surface area contributed by atoms with Crippen LogP contribution >= 0.6 is 0 Å². The first-order chi connectivity index (χ1) is 17.3. The Morgan fingerprint density at radius 2 is 0.914 bits per heavy atom. The number of nitrogens with one attached hydrogen (secondary N) is 1. The van der Waals surface area contributed by atoms with Crippen molar-refractivity contribution in [1.82, 2.24) is 0 Å². The summed E-state index contributed by atoms with van der Waals surface area (Å²) in [7, 11) is 0. The topological polar surface area (TPSA) is 49.1 Å². The van der Waals surface area contributed by atoms with E-state index in [0.29, 0.717) is 5.84 Å². The highest BCUT2D eigenvalue weighted by molar-refractivity contribution is 5.99. The van der Waals surface area contributed by atoms with Gasteiger partial charge in [0, 0.05) is 5.56 Å². The van der Waals surface area contributed by atoms with Crippen LogP contribution in [0.25, 0.3) is 22.3 Å². The van der Waals surface area contributed by atoms with Gasteiger partial charge in [-0.3, -0.25) is 5.43 Å². The van der Waals surface area contributed by atoms with E-state index in [1.807, 2.05) is 91.0 Å². The van der Waals surface area contributed by atoms with Crippen LogP contribution in [-0.4, -0.2) is 5.84 Å². The minimum Gasteiger partial charge on any atom is -0.276 e. The summed E-state index contributed by atoms with van der Waals surface area (Å²) in [6.07, 6.45) is 0. The van der Waals surface area contributed by atoms with Crippen molar-refractivity contribution in [2.45, 2.75) is 0 Å². The van der Waals surface area contributed by atoms with Crippen molar-refractivity contribution in [1.29, 1.82) is 0 Å². The van der Waals surface area contributed by atoms with Crippen LogP contribution in [0.1, 0.15) is 5.56 Å². The predicted molar refractivity (Wildman–Crippen MR) is 145 cm³/mol. The lowest BCUT2D eigenvalue weighted by Gasteiger charge is -2.06. The summed E-state index contributed by atoms with van der Waals surface area (Å²) in [5, 5.41) is 13.5. The number of hydrogen-bond acceptors (Lipinski definition) is 3. The van der Waals surface area contributed by atoms with E-state index in [4.69, 9.17) is 0 Å². The number of azo groups is 1. The molecule has 5 aromatic rings. The molecular formula is C31H24N4. The van der Waals surface area contributed by atoms with Gasteiger partial charge >= 0.3 is 0 Å². The Kier molecular flexibility index (Phi) is 6.82. The van der Waals surface area contributed by atoms with Gasteiger partial charge in [-0.1, -0.05) is 115 Å². The minimum atomic E-state index is 0.505. The van der Waals surface area contributed by atoms with Crippen LogP contribution < -0.4 is 5.43 Å². The summed E-state index contributed by atoms with van der Waals surface area (Å²) in [4.78, 5) is 0. The molecule has 0 aliphatic heterocycles. The maximum absolute atomic E-state index is 4.55. The average molecular weight is 453 g/mol. The Labute approximate surface area is 205 Å². The predicted octanol–water partition coefficient (Wildman–Crippen LogP) is 8.58. The lowest BCUT2D eigenvalue weighted by molar-refractivity contribution is 1.22. The minimum absolute atomic E-state index is 0.505. The molecule has 0 radical (unpaired) electrons. The summed E-state index contributed by atoms with van der Waals surface area (Å²) in [6.45, 7) is 0. The lowest BCUT2D eigenvalue weighted by atomic mass is 10.1. The van der Waals surface area contributed by atoms with Crippen molar-refractivity contribution in [2.24, 2.45) is 15.3 Å². The summed E-state index contributed by atoms with van der Waals surface area (Å²) in [5.41, 5.74) is 10.3. The Bertz CT molecular complexity index is 1410. The zero-order valence-electron chi connectivity index (χ0n) is 19.1. The van der Waals surface area contributed by atoms with Crippen molar-refractivity contribution in [3.05, 3.63) is 145 Å². The van der Waals surface area contributed by atoms with Gasteiger partial charge in [-0.15, -0.1) is 10.2 Å². The molecule has 0 bridgehead atoms. The molecule has 5 rings (SSSR count). The normalized spacial score (nSPS) is 11.5. The second kappa shape index (κ2) is 10.9. The molecule has 0 saturated carbocycles. The molecule has 4 nitrogen and oxygen atoms in total. The van der Waals surface area contributed by atoms with E-state index in [-0.39, 0.29) is 0 Å². The van der Waals surface area contributed by atoms with Gasteiger partial charge in [0.2, 0.25) is 5.84 Å². The molecule has 168 valence electrons. The van der Waals surface area contributed by atoms with Crippen LogP contribution in [0.2, 0.25) is 0 Å². The van der Waals surface area contributed by atoms with E-state index < -0.39 is 0 Å². The Morgan fingerprint density at radius 1 is 0.457 bits per heavy atom. The largest absolute Gasteiger partial charge is 0.276 e. The maximum atomic E-state index is 4.55. The molecule has 4 heteroatoms. The zero-order valence-corrected chi connectivity index (χ0v) is 19.1. The smallest absolute Gasteiger partial charge is 0.201 e. The van der Waals surface area contributed by atoms with Gasteiger partial charge in [-0.05, 0) is 46.5 Å². The molecule has 0 amide bonds. The number of hydrogen-bond donors (Lipinski definition) is 1. The quantitative estimate of drug-likeness (QED) is 0.119. The highest BCUT2D eigenvalue weighted by atomic mass is 15.3. The van der Waals surface area contributed by atoms with Gasteiger partial charge in [0.05, 0.1) is 11.4 Å². The highest BCUT2D eigenvalue weighted by Gasteiger charge is 2.04. The molecule has 0 aliphatic rings. The Hall–Kier alpha value is -4.83. The van der Waals surface area contributed by atoms with Crippen molar-refractivity contribution in [2.75, 3.05) is 5.43 Å². The number of anilines is 1. The van der Waals surface area contributed by atoms with E-state index in [0.717, 1.165) is 28.1 Å². The molecule has 0 aromatic heterocycles. The molecule has 0 spiro atoms. The van der Waals surface area contributed by atoms with Gasteiger partial charge in [0.1, 0.15) is 0 Å². The number of amidine groups is 1. The molecule has 0 saturated heterocycles. The fourth-order valence-electron chi connectivity index (χ4n) is 3.67. The lowest BCUT2D eigenvalue weighted by Crippen LogP contribution is -2.01. The molecule has 0 aliphatic carbocycles. The fourth-order valence-corrected chi connectivity index (χ4v) is 3.67. The number of rotatable bonds is 6. The monoisotopic (exact) mass is 452 g/mol. The summed E-state index contributed by atoms with van der Waals surface area (Å²) >= 11 is 0. The van der Waals surface area contributed by atoms with Crippen LogP contribution in [0.3, 0.4) is 0 Å². The third kappa shape index (κ3) is 5.75. The van der Waals surface area contributed by atoms with Crippen LogP contribution in [0, 0.1) is 0 Å². The molecule has 0 fully saturated rings. The van der Waals surface area contributed by atoms with Crippen molar-refractivity contribution in [3.63, 3.8) is 0 Å². The van der Waals surface area contributed by atoms with Crippen LogP contribution in [-0.2, 0) is 0 Å².